The molecule has 2 aromatic rings. The quantitative estimate of drug-likeness (QED) is 0.773. The predicted octanol–water partition coefficient (Wildman–Crippen LogP) is 1.87. The second-order valence-electron chi connectivity index (χ2n) is 7.27. The molecule has 0 spiro atoms. The highest BCUT2D eigenvalue weighted by Crippen LogP contribution is 2.36. The molecule has 2 saturated heterocycles. The number of hydrogen-bond acceptors (Lipinski definition) is 8. The summed E-state index contributed by atoms with van der Waals surface area (Å²) in [6, 6.07) is 3.63. The van der Waals surface area contributed by atoms with E-state index in [1.807, 2.05) is 11.0 Å². The number of aromatic nitrogens is 2. The molecule has 1 aromatic carbocycles. The summed E-state index contributed by atoms with van der Waals surface area (Å²) in [5.41, 5.74) is 6.84. The average Bonchev–Trinajstić information content (AvgIpc) is 3.16. The van der Waals surface area contributed by atoms with Gasteiger partial charge >= 0.3 is 0 Å². The number of nitrogens with zero attached hydrogens (tertiary/aromatic N) is 4. The molecule has 4 rings (SSSR count). The van der Waals surface area contributed by atoms with E-state index in [4.69, 9.17) is 24.9 Å². The molecule has 2 fully saturated rings. The zero-order valence-electron chi connectivity index (χ0n) is 17.3. The lowest BCUT2D eigenvalue weighted by Crippen LogP contribution is -2.41. The van der Waals surface area contributed by atoms with Crippen LogP contribution in [0.4, 0.5) is 11.8 Å². The van der Waals surface area contributed by atoms with E-state index < -0.39 is 0 Å². The van der Waals surface area contributed by atoms with Crippen LogP contribution in [-0.2, 0) is 9.53 Å². The molecule has 0 aliphatic carbocycles. The lowest BCUT2D eigenvalue weighted by atomic mass is 10.2. The molecule has 1 unspecified atom stereocenters. The first kappa shape index (κ1) is 22.2. The van der Waals surface area contributed by atoms with Crippen molar-refractivity contribution in [1.29, 1.82) is 0 Å². The van der Waals surface area contributed by atoms with E-state index in [2.05, 4.69) is 9.88 Å². The van der Waals surface area contributed by atoms with Crippen LogP contribution in [0.15, 0.2) is 12.1 Å². The van der Waals surface area contributed by atoms with Crippen LogP contribution in [0.25, 0.3) is 10.9 Å². The monoisotopic (exact) mass is 437 g/mol. The number of amides is 1. The van der Waals surface area contributed by atoms with Crippen molar-refractivity contribution in [2.75, 3.05) is 57.6 Å². The van der Waals surface area contributed by atoms with Gasteiger partial charge in [0.2, 0.25) is 5.95 Å². The van der Waals surface area contributed by atoms with Gasteiger partial charge in [0.25, 0.3) is 5.91 Å². The number of carbonyl (C=O) groups excluding carboxylic acids is 1. The van der Waals surface area contributed by atoms with Gasteiger partial charge in [-0.2, -0.15) is 4.98 Å². The van der Waals surface area contributed by atoms with E-state index in [0.717, 1.165) is 31.2 Å². The number of halogens is 1. The first-order chi connectivity index (χ1) is 14.1. The molecule has 2 N–H and O–H groups in total. The Labute approximate surface area is 181 Å². The number of rotatable bonds is 4. The van der Waals surface area contributed by atoms with Crippen LogP contribution in [0, 0.1) is 0 Å². The summed E-state index contributed by atoms with van der Waals surface area (Å²) in [7, 11) is 3.17. The molecule has 3 heterocycles. The highest BCUT2D eigenvalue weighted by molar-refractivity contribution is 5.95. The highest BCUT2D eigenvalue weighted by atomic mass is 35.5. The Kier molecular flexibility index (Phi) is 7.04. The fraction of sp³-hybridized carbons (Fsp3) is 0.550. The number of ether oxygens (including phenoxy) is 3. The molecule has 1 atom stereocenters. The highest BCUT2D eigenvalue weighted by Gasteiger charge is 2.30. The Bertz CT molecular complexity index is 906. The summed E-state index contributed by atoms with van der Waals surface area (Å²) >= 11 is 0. The summed E-state index contributed by atoms with van der Waals surface area (Å²) in [4.78, 5) is 25.9. The predicted molar refractivity (Wildman–Crippen MR) is 117 cm³/mol. The lowest BCUT2D eigenvalue weighted by Gasteiger charge is -2.24. The van der Waals surface area contributed by atoms with Crippen LogP contribution < -0.4 is 20.1 Å². The third-order valence-electron chi connectivity index (χ3n) is 5.52. The van der Waals surface area contributed by atoms with Crippen molar-refractivity contribution in [3.05, 3.63) is 12.1 Å². The minimum atomic E-state index is -0.286. The molecule has 1 amide bonds. The number of nitrogen functional groups attached to an aromatic ring is 1. The molecular formula is C20H28ClN5O4. The molecule has 2 aliphatic rings. The summed E-state index contributed by atoms with van der Waals surface area (Å²) in [5.74, 6) is 2.14. The van der Waals surface area contributed by atoms with Crippen molar-refractivity contribution >= 4 is 41.0 Å². The molecule has 1 aromatic heterocycles. The minimum Gasteiger partial charge on any atom is -0.493 e. The van der Waals surface area contributed by atoms with Crippen LogP contribution >= 0.6 is 12.4 Å². The topological polar surface area (TPSA) is 103 Å². The molecule has 0 saturated carbocycles. The smallest absolute Gasteiger partial charge is 0.251 e. The van der Waals surface area contributed by atoms with Gasteiger partial charge in [-0.15, -0.1) is 12.4 Å². The van der Waals surface area contributed by atoms with Gasteiger partial charge in [0, 0.05) is 38.2 Å². The van der Waals surface area contributed by atoms with E-state index in [1.54, 1.807) is 20.3 Å². The number of fused-ring (bicyclic) bond motifs is 1. The van der Waals surface area contributed by atoms with Crippen molar-refractivity contribution in [2.45, 2.75) is 25.4 Å². The normalized spacial score (nSPS) is 19.3. The second-order valence-corrected chi connectivity index (χ2v) is 7.27. The number of anilines is 2. The van der Waals surface area contributed by atoms with Gasteiger partial charge in [-0.25, -0.2) is 4.98 Å². The van der Waals surface area contributed by atoms with E-state index in [9.17, 15) is 4.79 Å². The molecule has 9 nitrogen and oxygen atoms in total. The second kappa shape index (κ2) is 9.53. The van der Waals surface area contributed by atoms with Crippen LogP contribution in [0.2, 0.25) is 0 Å². The van der Waals surface area contributed by atoms with Crippen molar-refractivity contribution in [2.24, 2.45) is 0 Å². The molecule has 0 bridgehead atoms. The minimum absolute atomic E-state index is 0. The Balaban J connectivity index is 0.00000256. The molecule has 2 aliphatic heterocycles. The number of nitrogens with two attached hydrogens (primary N) is 1. The Hall–Kier alpha value is -2.52. The Morgan fingerprint density at radius 3 is 2.67 bits per heavy atom. The van der Waals surface area contributed by atoms with E-state index in [0.29, 0.717) is 55.0 Å². The maximum Gasteiger partial charge on any atom is 0.251 e. The van der Waals surface area contributed by atoms with Gasteiger partial charge in [0.1, 0.15) is 17.4 Å². The molecule has 10 heteroatoms. The van der Waals surface area contributed by atoms with Gasteiger partial charge in [-0.3, -0.25) is 4.79 Å². The maximum absolute atomic E-state index is 12.7. The van der Waals surface area contributed by atoms with Crippen LogP contribution in [-0.4, -0.2) is 73.9 Å². The van der Waals surface area contributed by atoms with Gasteiger partial charge in [0.05, 0.1) is 14.2 Å². The van der Waals surface area contributed by atoms with E-state index >= 15 is 0 Å². The largest absolute Gasteiger partial charge is 0.493 e. The first-order valence-corrected chi connectivity index (χ1v) is 9.96. The van der Waals surface area contributed by atoms with Crippen molar-refractivity contribution < 1.29 is 19.0 Å². The molecular weight excluding hydrogens is 410 g/mol. The molecule has 0 radical (unpaired) electrons. The summed E-state index contributed by atoms with van der Waals surface area (Å²) < 4.78 is 16.5. The summed E-state index contributed by atoms with van der Waals surface area (Å²) in [6.07, 6.45) is 2.30. The van der Waals surface area contributed by atoms with Crippen molar-refractivity contribution in [1.82, 2.24) is 14.9 Å². The fourth-order valence-corrected chi connectivity index (χ4v) is 3.98. The van der Waals surface area contributed by atoms with Crippen LogP contribution in [0.5, 0.6) is 11.5 Å². The standard InChI is InChI=1S/C20H27N5O4.ClH/c1-27-14-7-6-13-16(17(14)28-2)22-20(23-18(13)21)25-9-4-8-24(10-11-25)19(26)15-5-3-12-29-15;/h6-7,15H,3-5,8-12H2,1-2H3,(H2,21,22,23);1H. The molecule has 164 valence electrons. The number of benzene rings is 1. The third kappa shape index (κ3) is 4.17. The zero-order chi connectivity index (χ0) is 20.4. The van der Waals surface area contributed by atoms with Crippen LogP contribution in [0.1, 0.15) is 19.3 Å². The summed E-state index contributed by atoms with van der Waals surface area (Å²) in [6.45, 7) is 3.36. The van der Waals surface area contributed by atoms with E-state index in [1.165, 1.54) is 0 Å². The number of carbonyl (C=O) groups is 1. The first-order valence-electron chi connectivity index (χ1n) is 9.96. The third-order valence-corrected chi connectivity index (χ3v) is 5.52. The Morgan fingerprint density at radius 2 is 1.97 bits per heavy atom. The number of methoxy groups -OCH3 is 2. The maximum atomic E-state index is 12.7. The Morgan fingerprint density at radius 1 is 1.13 bits per heavy atom. The van der Waals surface area contributed by atoms with Gasteiger partial charge in [0.15, 0.2) is 11.5 Å². The van der Waals surface area contributed by atoms with Gasteiger partial charge < -0.3 is 29.7 Å². The van der Waals surface area contributed by atoms with Crippen molar-refractivity contribution in [3.63, 3.8) is 0 Å². The molecule has 30 heavy (non-hydrogen) atoms. The lowest BCUT2D eigenvalue weighted by molar-refractivity contribution is -0.140. The van der Waals surface area contributed by atoms with Gasteiger partial charge in [-0.1, -0.05) is 0 Å². The average molecular weight is 438 g/mol. The zero-order valence-corrected chi connectivity index (χ0v) is 18.1. The van der Waals surface area contributed by atoms with Crippen molar-refractivity contribution in [3.8, 4) is 11.5 Å². The number of hydrogen-bond donors (Lipinski definition) is 1. The van der Waals surface area contributed by atoms with Crippen LogP contribution in [0.3, 0.4) is 0 Å². The fourth-order valence-electron chi connectivity index (χ4n) is 3.98. The SMILES string of the molecule is COc1ccc2c(N)nc(N3CCCN(C(=O)C4CCCO4)CC3)nc2c1OC.Cl. The summed E-state index contributed by atoms with van der Waals surface area (Å²) in [5, 5.41) is 0.719. The van der Waals surface area contributed by atoms with E-state index in [-0.39, 0.29) is 24.4 Å². The van der Waals surface area contributed by atoms with Gasteiger partial charge in [-0.05, 0) is 31.4 Å².